The van der Waals surface area contributed by atoms with Gasteiger partial charge in [0.2, 0.25) is 11.8 Å². The van der Waals surface area contributed by atoms with Crippen LogP contribution < -0.4 is 16.8 Å². The molecule has 1 amide bonds. The third-order valence-corrected chi connectivity index (χ3v) is 5.93. The molecule has 2 aromatic carbocycles. The van der Waals surface area contributed by atoms with Crippen molar-refractivity contribution in [2.24, 2.45) is 0 Å². The second-order valence-electron chi connectivity index (χ2n) is 8.36. The number of nitrogens with zero attached hydrogens (tertiary/aromatic N) is 6. The first-order valence-corrected chi connectivity index (χ1v) is 11.3. The summed E-state index contributed by atoms with van der Waals surface area (Å²) in [5.74, 6) is 0.319. The standard InChI is InChI=1S/C25H20FN9O2/c26-16-7-8-19(18(27)12-16)30-24(36)15-5-3-14(4-6-15)9-10-34-22-17(13-29-34)23-31-21(20-2-1-11-37-20)33-35(23)25(28)32-22/h1-8,11-13H,9-10,27H2,(H2,28,32)(H,30,36). The molecule has 184 valence electrons. The molecule has 0 fully saturated rings. The Morgan fingerprint density at radius 3 is 2.65 bits per heavy atom. The van der Waals surface area contributed by atoms with Crippen LogP contribution in [0.25, 0.3) is 28.3 Å². The Kier molecular flexibility index (Phi) is 5.26. The number of carbonyl (C=O) groups excluding carboxylic acids is 1. The summed E-state index contributed by atoms with van der Waals surface area (Å²) < 4.78 is 21.9. The third kappa shape index (κ3) is 4.10. The number of anilines is 3. The second-order valence-corrected chi connectivity index (χ2v) is 8.36. The first-order chi connectivity index (χ1) is 18.0. The first kappa shape index (κ1) is 22.2. The minimum Gasteiger partial charge on any atom is -0.461 e. The molecule has 0 aliphatic carbocycles. The highest BCUT2D eigenvalue weighted by molar-refractivity contribution is 6.05. The zero-order valence-corrected chi connectivity index (χ0v) is 19.3. The number of hydrogen-bond donors (Lipinski definition) is 3. The normalized spacial score (nSPS) is 11.4. The summed E-state index contributed by atoms with van der Waals surface area (Å²) in [5, 5.41) is 12.3. The molecule has 0 atom stereocenters. The number of rotatable bonds is 6. The molecular weight excluding hydrogens is 477 g/mol. The van der Waals surface area contributed by atoms with Crippen molar-refractivity contribution in [3.05, 3.63) is 84.0 Å². The van der Waals surface area contributed by atoms with Crippen LogP contribution in [0.4, 0.5) is 21.7 Å². The minimum atomic E-state index is -0.466. The minimum absolute atomic E-state index is 0.159. The highest BCUT2D eigenvalue weighted by Crippen LogP contribution is 2.24. The number of amides is 1. The fourth-order valence-electron chi connectivity index (χ4n) is 4.03. The summed E-state index contributed by atoms with van der Waals surface area (Å²) in [6.07, 6.45) is 3.88. The van der Waals surface area contributed by atoms with Gasteiger partial charge in [-0.3, -0.25) is 4.79 Å². The monoisotopic (exact) mass is 497 g/mol. The fraction of sp³-hybridized carbons (Fsp3) is 0.0800. The molecule has 12 heteroatoms. The van der Waals surface area contributed by atoms with Crippen molar-refractivity contribution in [1.82, 2.24) is 29.4 Å². The zero-order valence-electron chi connectivity index (χ0n) is 19.3. The third-order valence-electron chi connectivity index (χ3n) is 5.93. The number of aromatic nitrogens is 6. The van der Waals surface area contributed by atoms with Crippen LogP contribution in [0, 0.1) is 5.82 Å². The van der Waals surface area contributed by atoms with Gasteiger partial charge in [0.05, 0.1) is 29.2 Å². The van der Waals surface area contributed by atoms with E-state index in [1.54, 1.807) is 41.4 Å². The van der Waals surface area contributed by atoms with E-state index >= 15 is 0 Å². The van der Waals surface area contributed by atoms with E-state index in [-0.39, 0.29) is 17.5 Å². The van der Waals surface area contributed by atoms with Crippen LogP contribution in [0.15, 0.2) is 71.5 Å². The summed E-state index contributed by atoms with van der Waals surface area (Å²) in [6.45, 7) is 0.531. The van der Waals surface area contributed by atoms with Crippen LogP contribution in [0.3, 0.4) is 0 Å². The molecule has 5 N–H and O–H groups in total. The summed E-state index contributed by atoms with van der Waals surface area (Å²) in [4.78, 5) is 21.6. The molecule has 4 aromatic heterocycles. The maximum Gasteiger partial charge on any atom is 0.255 e. The molecule has 11 nitrogen and oxygen atoms in total. The lowest BCUT2D eigenvalue weighted by Crippen LogP contribution is -2.13. The Morgan fingerprint density at radius 1 is 1.05 bits per heavy atom. The molecule has 0 bridgehead atoms. The van der Waals surface area contributed by atoms with Crippen molar-refractivity contribution in [3.8, 4) is 11.6 Å². The number of furan rings is 1. The number of halogens is 1. The first-order valence-electron chi connectivity index (χ1n) is 11.3. The van der Waals surface area contributed by atoms with Gasteiger partial charge in [0.15, 0.2) is 17.1 Å². The maximum atomic E-state index is 13.2. The van der Waals surface area contributed by atoms with Crippen molar-refractivity contribution in [2.45, 2.75) is 13.0 Å². The molecule has 6 rings (SSSR count). The average molecular weight is 497 g/mol. The second kappa shape index (κ2) is 8.75. The average Bonchev–Trinajstić information content (AvgIpc) is 3.64. The molecule has 0 saturated carbocycles. The molecule has 6 aromatic rings. The molecule has 0 aliphatic rings. The SMILES string of the molecule is Nc1cc(F)ccc1NC(=O)c1ccc(CCn2ncc3c2nc(N)n2nc(-c4ccco4)nc32)cc1. The van der Waals surface area contributed by atoms with Gasteiger partial charge in [-0.25, -0.2) is 14.1 Å². The van der Waals surface area contributed by atoms with Crippen LogP contribution in [0.5, 0.6) is 0 Å². The topological polar surface area (TPSA) is 155 Å². The van der Waals surface area contributed by atoms with E-state index in [1.165, 1.54) is 16.6 Å². The van der Waals surface area contributed by atoms with Crippen molar-refractivity contribution in [1.29, 1.82) is 0 Å². The Balaban J connectivity index is 1.18. The molecule has 0 aliphatic heterocycles. The number of nitrogens with one attached hydrogen (secondary N) is 1. The molecule has 4 heterocycles. The molecule has 0 unspecified atom stereocenters. The molecule has 0 saturated heterocycles. The van der Waals surface area contributed by atoms with Gasteiger partial charge in [0.1, 0.15) is 5.82 Å². The van der Waals surface area contributed by atoms with Crippen LogP contribution >= 0.6 is 0 Å². The van der Waals surface area contributed by atoms with E-state index in [4.69, 9.17) is 15.9 Å². The van der Waals surface area contributed by atoms with Gasteiger partial charge in [-0.1, -0.05) is 12.1 Å². The van der Waals surface area contributed by atoms with E-state index in [0.29, 0.717) is 52.5 Å². The Morgan fingerprint density at radius 2 is 1.89 bits per heavy atom. The number of nitrogens with two attached hydrogens (primary N) is 2. The zero-order chi connectivity index (χ0) is 25.5. The van der Waals surface area contributed by atoms with E-state index in [9.17, 15) is 9.18 Å². The van der Waals surface area contributed by atoms with E-state index in [1.807, 2.05) is 12.1 Å². The maximum absolute atomic E-state index is 13.2. The number of benzene rings is 2. The molecule has 37 heavy (non-hydrogen) atoms. The van der Waals surface area contributed by atoms with Gasteiger partial charge in [-0.2, -0.15) is 14.6 Å². The van der Waals surface area contributed by atoms with Gasteiger partial charge in [-0.15, -0.1) is 5.10 Å². The predicted molar refractivity (Wildman–Crippen MR) is 135 cm³/mol. The van der Waals surface area contributed by atoms with Crippen LogP contribution in [-0.2, 0) is 13.0 Å². The van der Waals surface area contributed by atoms with Crippen LogP contribution in [0.1, 0.15) is 15.9 Å². The lowest BCUT2D eigenvalue weighted by molar-refractivity contribution is 0.102. The number of fused-ring (bicyclic) bond motifs is 3. The van der Waals surface area contributed by atoms with E-state index in [0.717, 1.165) is 11.6 Å². The summed E-state index contributed by atoms with van der Waals surface area (Å²) in [5.41, 5.74) is 15.0. The van der Waals surface area contributed by atoms with Gasteiger partial charge >= 0.3 is 0 Å². The van der Waals surface area contributed by atoms with Crippen LogP contribution in [0.2, 0.25) is 0 Å². The molecule has 0 spiro atoms. The lowest BCUT2D eigenvalue weighted by atomic mass is 10.1. The highest BCUT2D eigenvalue weighted by Gasteiger charge is 2.17. The molecular formula is C25H20FN9O2. The summed E-state index contributed by atoms with van der Waals surface area (Å²) >= 11 is 0. The number of hydrogen-bond acceptors (Lipinski definition) is 8. The number of nitrogen functional groups attached to an aromatic ring is 2. The lowest BCUT2D eigenvalue weighted by Gasteiger charge is -2.09. The largest absolute Gasteiger partial charge is 0.461 e. The predicted octanol–water partition coefficient (Wildman–Crippen LogP) is 3.53. The highest BCUT2D eigenvalue weighted by atomic mass is 19.1. The van der Waals surface area contributed by atoms with Crippen molar-refractivity contribution < 1.29 is 13.6 Å². The van der Waals surface area contributed by atoms with Gasteiger partial charge < -0.3 is 21.2 Å². The van der Waals surface area contributed by atoms with E-state index in [2.05, 4.69) is 25.5 Å². The number of aryl methyl sites for hydroxylation is 2. The Labute approximate surface area is 208 Å². The summed E-state index contributed by atoms with van der Waals surface area (Å²) in [7, 11) is 0. The van der Waals surface area contributed by atoms with Crippen molar-refractivity contribution >= 4 is 39.9 Å². The Hall–Kier alpha value is -5.26. The van der Waals surface area contributed by atoms with Gasteiger partial charge in [0.25, 0.3) is 5.91 Å². The molecule has 0 radical (unpaired) electrons. The van der Waals surface area contributed by atoms with Gasteiger partial charge in [0, 0.05) is 12.1 Å². The van der Waals surface area contributed by atoms with E-state index < -0.39 is 5.82 Å². The van der Waals surface area contributed by atoms with Crippen LogP contribution in [-0.4, -0.2) is 35.3 Å². The van der Waals surface area contributed by atoms with Crippen molar-refractivity contribution in [2.75, 3.05) is 16.8 Å². The Bertz CT molecular complexity index is 1760. The van der Waals surface area contributed by atoms with Gasteiger partial charge in [-0.05, 0) is 54.4 Å². The quantitative estimate of drug-likeness (QED) is 0.295. The number of carbonyl (C=O) groups is 1. The summed E-state index contributed by atoms with van der Waals surface area (Å²) in [6, 6.07) is 14.5. The van der Waals surface area contributed by atoms with Crippen molar-refractivity contribution in [3.63, 3.8) is 0 Å². The fourth-order valence-corrected chi connectivity index (χ4v) is 4.03. The smallest absolute Gasteiger partial charge is 0.255 e.